The number of fused-ring (bicyclic) bond motifs is 1. The number of anilines is 2. The molecule has 1 aliphatic rings. The van der Waals surface area contributed by atoms with Crippen molar-refractivity contribution in [2.45, 2.75) is 53.6 Å². The van der Waals surface area contributed by atoms with Crippen LogP contribution in [0.4, 0.5) is 15.7 Å². The van der Waals surface area contributed by atoms with Crippen molar-refractivity contribution in [3.05, 3.63) is 34.5 Å². The fraction of sp³-hybridized carbons (Fsp3) is 0.478. The molecule has 2 amide bonds. The van der Waals surface area contributed by atoms with Crippen molar-refractivity contribution in [3.8, 4) is 0 Å². The molecule has 1 N–H and O–H groups in total. The average Bonchev–Trinajstić information content (AvgIpc) is 3.09. The molecule has 9 nitrogen and oxygen atoms in total. The zero-order valence-electron chi connectivity index (χ0n) is 19.6. The smallest absolute Gasteiger partial charge is 0.415 e. The van der Waals surface area contributed by atoms with Crippen LogP contribution in [0.25, 0.3) is 0 Å². The Morgan fingerprint density at radius 2 is 1.97 bits per heavy atom. The van der Waals surface area contributed by atoms with Gasteiger partial charge in [0.2, 0.25) is 5.91 Å². The Morgan fingerprint density at radius 1 is 1.27 bits per heavy atom. The van der Waals surface area contributed by atoms with E-state index in [1.54, 1.807) is 39.8 Å². The van der Waals surface area contributed by atoms with E-state index in [-0.39, 0.29) is 23.4 Å². The number of nitrogens with zero attached hydrogens (tertiary/aromatic N) is 3. The minimum absolute atomic E-state index is 0.252. The van der Waals surface area contributed by atoms with Crippen LogP contribution in [0.1, 0.15) is 67.3 Å². The second-order valence-corrected chi connectivity index (χ2v) is 9.99. The van der Waals surface area contributed by atoms with Crippen LogP contribution in [0.2, 0.25) is 0 Å². The number of ketones is 2. The maximum absolute atomic E-state index is 13.2. The Balaban J connectivity index is 1.81. The standard InChI is InChI=1S/C23H28N4O5S/c1-7-27(22(31)32-23(4,5)6)16-9-8-14(11-24-16)18(29)17-12(2)10-15-20(19(17)30)33-21(26-15)25-13(3)28/h8-9,11-12,17H,7,10H2,1-6H3,(H,25,26,28). The summed E-state index contributed by atoms with van der Waals surface area (Å²) in [5.74, 6) is -1.64. The Hall–Kier alpha value is -3.14. The summed E-state index contributed by atoms with van der Waals surface area (Å²) < 4.78 is 5.41. The molecule has 2 atom stereocenters. The van der Waals surface area contributed by atoms with Gasteiger partial charge in [-0.25, -0.2) is 14.8 Å². The van der Waals surface area contributed by atoms with Gasteiger partial charge in [0.1, 0.15) is 11.4 Å². The molecule has 0 fully saturated rings. The molecule has 176 valence electrons. The van der Waals surface area contributed by atoms with Crippen LogP contribution in [0.15, 0.2) is 18.3 Å². The summed E-state index contributed by atoms with van der Waals surface area (Å²) in [5, 5.41) is 2.95. The highest BCUT2D eigenvalue weighted by molar-refractivity contribution is 7.17. The van der Waals surface area contributed by atoms with Gasteiger partial charge < -0.3 is 10.1 Å². The van der Waals surface area contributed by atoms with E-state index in [1.807, 2.05) is 6.92 Å². The summed E-state index contributed by atoms with van der Waals surface area (Å²) in [4.78, 5) is 60.5. The molecule has 0 bridgehead atoms. The summed E-state index contributed by atoms with van der Waals surface area (Å²) in [5.41, 5.74) is 0.252. The van der Waals surface area contributed by atoms with E-state index in [0.29, 0.717) is 40.0 Å². The third-order valence-electron chi connectivity index (χ3n) is 5.09. The van der Waals surface area contributed by atoms with E-state index in [0.717, 1.165) is 11.3 Å². The second kappa shape index (κ2) is 9.38. The highest BCUT2D eigenvalue weighted by Crippen LogP contribution is 2.37. The first-order chi connectivity index (χ1) is 15.4. The first kappa shape index (κ1) is 24.5. The highest BCUT2D eigenvalue weighted by Gasteiger charge is 2.40. The zero-order chi connectivity index (χ0) is 24.5. The maximum Gasteiger partial charge on any atom is 0.415 e. The summed E-state index contributed by atoms with van der Waals surface area (Å²) in [6.45, 7) is 10.7. The van der Waals surface area contributed by atoms with Gasteiger partial charge >= 0.3 is 6.09 Å². The predicted molar refractivity (Wildman–Crippen MR) is 125 cm³/mol. The van der Waals surface area contributed by atoms with Crippen LogP contribution in [0.5, 0.6) is 0 Å². The van der Waals surface area contributed by atoms with E-state index in [2.05, 4.69) is 15.3 Å². The first-order valence-corrected chi connectivity index (χ1v) is 11.5. The molecule has 3 rings (SSSR count). The largest absolute Gasteiger partial charge is 0.443 e. The molecule has 2 aromatic rings. The van der Waals surface area contributed by atoms with E-state index in [4.69, 9.17) is 4.74 Å². The first-order valence-electron chi connectivity index (χ1n) is 10.7. The highest BCUT2D eigenvalue weighted by atomic mass is 32.1. The lowest BCUT2D eigenvalue weighted by molar-refractivity contribution is -0.114. The average molecular weight is 473 g/mol. The van der Waals surface area contributed by atoms with Gasteiger partial charge in [-0.05, 0) is 52.2 Å². The lowest BCUT2D eigenvalue weighted by Gasteiger charge is -2.26. The number of nitrogens with one attached hydrogen (secondary N) is 1. The number of carbonyl (C=O) groups is 4. The van der Waals surface area contributed by atoms with Crippen molar-refractivity contribution in [1.29, 1.82) is 0 Å². The maximum atomic E-state index is 13.2. The van der Waals surface area contributed by atoms with Gasteiger partial charge in [0, 0.05) is 25.2 Å². The number of rotatable bonds is 5. The number of amides is 2. The monoisotopic (exact) mass is 472 g/mol. The van der Waals surface area contributed by atoms with Gasteiger partial charge in [-0.2, -0.15) is 0 Å². The molecule has 2 aromatic heterocycles. The molecule has 10 heteroatoms. The van der Waals surface area contributed by atoms with Crippen LogP contribution in [0.3, 0.4) is 0 Å². The van der Waals surface area contributed by atoms with Gasteiger partial charge in [0.05, 0.1) is 16.5 Å². The van der Waals surface area contributed by atoms with E-state index < -0.39 is 17.6 Å². The molecule has 0 saturated heterocycles. The second-order valence-electron chi connectivity index (χ2n) is 8.99. The number of aromatic nitrogens is 2. The Labute approximate surface area is 196 Å². The Kier molecular flexibility index (Phi) is 6.97. The number of carbonyl (C=O) groups excluding carboxylic acids is 4. The van der Waals surface area contributed by atoms with Gasteiger partial charge in [0.25, 0.3) is 0 Å². The van der Waals surface area contributed by atoms with Crippen LogP contribution in [-0.4, -0.2) is 45.7 Å². The summed E-state index contributed by atoms with van der Waals surface area (Å²) in [7, 11) is 0. The number of pyridine rings is 1. The molecule has 33 heavy (non-hydrogen) atoms. The molecule has 0 saturated carbocycles. The van der Waals surface area contributed by atoms with Crippen molar-refractivity contribution >= 4 is 45.9 Å². The van der Waals surface area contributed by atoms with E-state index >= 15 is 0 Å². The Morgan fingerprint density at radius 3 is 2.52 bits per heavy atom. The number of ether oxygens (including phenoxy) is 1. The molecule has 2 heterocycles. The third-order valence-corrected chi connectivity index (χ3v) is 6.12. The number of hydrogen-bond acceptors (Lipinski definition) is 8. The van der Waals surface area contributed by atoms with E-state index in [1.165, 1.54) is 18.0 Å². The molecule has 1 aliphatic carbocycles. The fourth-order valence-electron chi connectivity index (χ4n) is 3.66. The van der Waals surface area contributed by atoms with Crippen LogP contribution in [0, 0.1) is 11.8 Å². The number of thiazole rings is 1. The van der Waals surface area contributed by atoms with Gasteiger partial charge in [0.15, 0.2) is 16.7 Å². The normalized spacial score (nSPS) is 17.8. The van der Waals surface area contributed by atoms with Gasteiger partial charge in [-0.15, -0.1) is 0 Å². The lowest BCUT2D eigenvalue weighted by Crippen LogP contribution is -2.37. The topological polar surface area (TPSA) is 119 Å². The minimum atomic E-state index is -0.857. The molecule has 0 aromatic carbocycles. The van der Waals surface area contributed by atoms with Crippen molar-refractivity contribution < 1.29 is 23.9 Å². The Bertz CT molecular complexity index is 1090. The third kappa shape index (κ3) is 5.44. The summed E-state index contributed by atoms with van der Waals surface area (Å²) in [6, 6.07) is 3.15. The van der Waals surface area contributed by atoms with Crippen LogP contribution < -0.4 is 10.2 Å². The van der Waals surface area contributed by atoms with Crippen LogP contribution >= 0.6 is 11.3 Å². The van der Waals surface area contributed by atoms with Gasteiger partial charge in [-0.3, -0.25) is 19.3 Å². The summed E-state index contributed by atoms with van der Waals surface area (Å²) >= 11 is 1.09. The lowest BCUT2D eigenvalue weighted by atomic mass is 9.77. The zero-order valence-corrected chi connectivity index (χ0v) is 20.4. The minimum Gasteiger partial charge on any atom is -0.443 e. The van der Waals surface area contributed by atoms with Crippen LogP contribution in [-0.2, 0) is 16.0 Å². The molecule has 0 spiro atoms. The van der Waals surface area contributed by atoms with Crippen molar-refractivity contribution in [1.82, 2.24) is 9.97 Å². The molecule has 2 unspecified atom stereocenters. The number of hydrogen-bond donors (Lipinski definition) is 1. The number of Topliss-reactive ketones (excluding diaryl/α,β-unsaturated/α-hetero) is 2. The molecule has 0 radical (unpaired) electrons. The SMILES string of the molecule is CCN(C(=O)OC(C)(C)C)c1ccc(C(=O)C2C(=O)c3sc(NC(C)=O)nc3CC2C)cn1. The van der Waals surface area contributed by atoms with Gasteiger partial charge in [-0.1, -0.05) is 18.3 Å². The van der Waals surface area contributed by atoms with Crippen molar-refractivity contribution in [2.75, 3.05) is 16.8 Å². The van der Waals surface area contributed by atoms with Crippen molar-refractivity contribution in [3.63, 3.8) is 0 Å². The predicted octanol–water partition coefficient (Wildman–Crippen LogP) is 4.13. The quantitative estimate of drug-likeness (QED) is 0.513. The molecule has 0 aliphatic heterocycles. The molecular formula is C23H28N4O5S. The van der Waals surface area contributed by atoms with E-state index in [9.17, 15) is 19.2 Å². The molecular weight excluding hydrogens is 444 g/mol. The fourth-order valence-corrected chi connectivity index (χ4v) is 4.68. The van der Waals surface area contributed by atoms with Crippen molar-refractivity contribution in [2.24, 2.45) is 11.8 Å². The summed E-state index contributed by atoms with van der Waals surface area (Å²) in [6.07, 6.45) is 1.32.